The molecular formula is C19H16N4O2. The number of nitrogens with zero attached hydrogens (tertiary/aromatic N) is 3. The third-order valence-electron chi connectivity index (χ3n) is 3.44. The quantitative estimate of drug-likeness (QED) is 0.635. The summed E-state index contributed by atoms with van der Waals surface area (Å²) in [6, 6.07) is 17.1. The summed E-state index contributed by atoms with van der Waals surface area (Å²) in [5.41, 5.74) is 7.56. The number of nitrogen functional groups attached to an aromatic ring is 1. The molecule has 3 aromatic rings. The van der Waals surface area contributed by atoms with Crippen LogP contribution in [0.4, 0.5) is 17.3 Å². The smallest absolute Gasteiger partial charge is 0.154 e. The number of hydrogen-bond donors (Lipinski definition) is 3. The van der Waals surface area contributed by atoms with Gasteiger partial charge in [0, 0.05) is 23.6 Å². The summed E-state index contributed by atoms with van der Waals surface area (Å²) in [6.45, 7) is 0. The predicted molar refractivity (Wildman–Crippen MR) is 99.4 cm³/mol. The van der Waals surface area contributed by atoms with Gasteiger partial charge < -0.3 is 15.9 Å². The summed E-state index contributed by atoms with van der Waals surface area (Å²) < 4.78 is 0. The Morgan fingerprint density at radius 3 is 1.88 bits per heavy atom. The molecule has 0 aliphatic heterocycles. The molecule has 0 saturated carbocycles. The number of para-hydroxylation sites is 2. The lowest BCUT2D eigenvalue weighted by Gasteiger charge is -2.02. The molecule has 0 amide bonds. The van der Waals surface area contributed by atoms with Crippen molar-refractivity contribution >= 4 is 29.8 Å². The van der Waals surface area contributed by atoms with E-state index >= 15 is 0 Å². The first-order valence-electron chi connectivity index (χ1n) is 7.54. The number of pyridine rings is 1. The van der Waals surface area contributed by atoms with E-state index in [-0.39, 0.29) is 17.3 Å². The van der Waals surface area contributed by atoms with Crippen LogP contribution in [0.2, 0.25) is 0 Å². The number of phenolic OH excluding ortho intramolecular Hbond substituents is 2. The topological polar surface area (TPSA) is 104 Å². The van der Waals surface area contributed by atoms with Crippen molar-refractivity contribution in [1.82, 2.24) is 4.98 Å². The molecular weight excluding hydrogens is 316 g/mol. The molecule has 1 aromatic heterocycles. The van der Waals surface area contributed by atoms with Crippen molar-refractivity contribution < 1.29 is 10.2 Å². The lowest BCUT2D eigenvalue weighted by molar-refractivity contribution is 0.474. The third-order valence-corrected chi connectivity index (χ3v) is 3.44. The summed E-state index contributed by atoms with van der Waals surface area (Å²) in [4.78, 5) is 12.6. The highest BCUT2D eigenvalue weighted by molar-refractivity contribution is 5.87. The second-order valence-corrected chi connectivity index (χ2v) is 5.21. The van der Waals surface area contributed by atoms with Gasteiger partial charge in [0.25, 0.3) is 0 Å². The normalized spacial score (nSPS) is 11.4. The molecule has 0 atom stereocenters. The van der Waals surface area contributed by atoms with Crippen LogP contribution in [0.5, 0.6) is 11.5 Å². The van der Waals surface area contributed by atoms with Crippen molar-refractivity contribution in [2.45, 2.75) is 0 Å². The fourth-order valence-electron chi connectivity index (χ4n) is 2.11. The first-order chi connectivity index (χ1) is 12.1. The second kappa shape index (κ2) is 7.27. The summed E-state index contributed by atoms with van der Waals surface area (Å²) in [5.74, 6) is 0.908. The van der Waals surface area contributed by atoms with E-state index < -0.39 is 0 Å². The fraction of sp³-hybridized carbons (Fsp3) is 0. The Bertz CT molecular complexity index is 952. The monoisotopic (exact) mass is 332 g/mol. The number of aromatic hydroxyl groups is 2. The largest absolute Gasteiger partial charge is 0.507 e. The van der Waals surface area contributed by atoms with Crippen LogP contribution in [0, 0.1) is 0 Å². The van der Waals surface area contributed by atoms with Crippen molar-refractivity contribution in [2.75, 3.05) is 5.73 Å². The van der Waals surface area contributed by atoms with Crippen LogP contribution >= 0.6 is 0 Å². The molecule has 2 aromatic carbocycles. The van der Waals surface area contributed by atoms with Gasteiger partial charge in [0.1, 0.15) is 17.2 Å². The van der Waals surface area contributed by atoms with E-state index in [0.717, 1.165) is 0 Å². The number of rotatable bonds is 4. The molecule has 0 spiro atoms. The minimum atomic E-state index is 0.140. The number of hydrogen-bond acceptors (Lipinski definition) is 6. The van der Waals surface area contributed by atoms with Crippen molar-refractivity contribution in [3.8, 4) is 11.5 Å². The van der Waals surface area contributed by atoms with Gasteiger partial charge in [-0.2, -0.15) is 0 Å². The van der Waals surface area contributed by atoms with Crippen LogP contribution in [0.3, 0.4) is 0 Å². The lowest BCUT2D eigenvalue weighted by Crippen LogP contribution is -1.91. The molecule has 0 unspecified atom stereocenters. The molecule has 0 bridgehead atoms. The highest BCUT2D eigenvalue weighted by Gasteiger charge is 2.02. The number of aliphatic imine (C=N–C) groups is 2. The minimum absolute atomic E-state index is 0.140. The number of anilines is 1. The van der Waals surface area contributed by atoms with Crippen molar-refractivity contribution in [1.29, 1.82) is 0 Å². The predicted octanol–water partition coefficient (Wildman–Crippen LogP) is 3.58. The Morgan fingerprint density at radius 2 is 1.32 bits per heavy atom. The number of aromatic nitrogens is 1. The second-order valence-electron chi connectivity index (χ2n) is 5.21. The maximum atomic E-state index is 9.72. The van der Waals surface area contributed by atoms with Gasteiger partial charge in [0.05, 0.1) is 0 Å². The number of phenols is 2. The maximum Gasteiger partial charge on any atom is 0.154 e. The lowest BCUT2D eigenvalue weighted by atomic mass is 10.2. The van der Waals surface area contributed by atoms with E-state index in [2.05, 4.69) is 15.0 Å². The first-order valence-corrected chi connectivity index (χ1v) is 7.54. The van der Waals surface area contributed by atoms with E-state index in [9.17, 15) is 10.2 Å². The van der Waals surface area contributed by atoms with E-state index in [4.69, 9.17) is 5.73 Å². The molecule has 0 aliphatic carbocycles. The van der Waals surface area contributed by atoms with Crippen LogP contribution in [0.15, 0.2) is 70.6 Å². The average Bonchev–Trinajstić information content (AvgIpc) is 2.61. The van der Waals surface area contributed by atoms with Gasteiger partial charge in [0.2, 0.25) is 0 Å². The Hall–Kier alpha value is -3.67. The van der Waals surface area contributed by atoms with E-state index in [1.165, 1.54) is 12.4 Å². The highest BCUT2D eigenvalue weighted by atomic mass is 16.3. The summed E-state index contributed by atoms with van der Waals surface area (Å²) in [5, 5.41) is 19.4. The Morgan fingerprint density at radius 1 is 0.760 bits per heavy atom. The van der Waals surface area contributed by atoms with Crippen LogP contribution in [-0.4, -0.2) is 27.6 Å². The average molecular weight is 332 g/mol. The maximum absolute atomic E-state index is 9.72. The van der Waals surface area contributed by atoms with Crippen molar-refractivity contribution in [2.24, 2.45) is 9.98 Å². The van der Waals surface area contributed by atoms with Crippen LogP contribution in [0.25, 0.3) is 0 Å². The van der Waals surface area contributed by atoms with E-state index in [1.807, 2.05) is 0 Å². The van der Waals surface area contributed by atoms with E-state index in [0.29, 0.717) is 22.6 Å². The first kappa shape index (κ1) is 16.2. The molecule has 3 rings (SSSR count). The van der Waals surface area contributed by atoms with Crippen LogP contribution in [-0.2, 0) is 0 Å². The molecule has 6 heteroatoms. The molecule has 0 radical (unpaired) electrons. The molecule has 0 aliphatic rings. The van der Waals surface area contributed by atoms with Gasteiger partial charge in [-0.25, -0.2) is 9.98 Å². The zero-order valence-electron chi connectivity index (χ0n) is 13.2. The Balaban J connectivity index is 1.79. The highest BCUT2D eigenvalue weighted by Crippen LogP contribution is 2.24. The van der Waals surface area contributed by atoms with Gasteiger partial charge >= 0.3 is 0 Å². The molecule has 25 heavy (non-hydrogen) atoms. The molecule has 0 fully saturated rings. The Kier molecular flexibility index (Phi) is 4.71. The summed E-state index contributed by atoms with van der Waals surface area (Å²) >= 11 is 0. The molecule has 124 valence electrons. The summed E-state index contributed by atoms with van der Waals surface area (Å²) in [7, 11) is 0. The number of benzene rings is 2. The van der Waals surface area contributed by atoms with Gasteiger partial charge in [-0.15, -0.1) is 0 Å². The third kappa shape index (κ3) is 4.00. The zero-order valence-corrected chi connectivity index (χ0v) is 13.2. The Labute approximate surface area is 144 Å². The molecule has 0 saturated heterocycles. The van der Waals surface area contributed by atoms with Gasteiger partial charge in [-0.1, -0.05) is 24.3 Å². The van der Waals surface area contributed by atoms with Crippen LogP contribution in [0.1, 0.15) is 11.1 Å². The SMILES string of the molecule is Nc1nc(N=Cc2ccccc2O)ccc1N=Cc1ccccc1O. The van der Waals surface area contributed by atoms with Crippen molar-refractivity contribution in [3.63, 3.8) is 0 Å². The minimum Gasteiger partial charge on any atom is -0.507 e. The van der Waals surface area contributed by atoms with Gasteiger partial charge in [-0.3, -0.25) is 4.99 Å². The molecule has 6 nitrogen and oxygen atoms in total. The van der Waals surface area contributed by atoms with E-state index in [1.54, 1.807) is 60.7 Å². The zero-order chi connectivity index (χ0) is 17.6. The standard InChI is InChI=1S/C19H16N4O2/c20-19-15(21-11-13-5-1-3-7-16(13)24)9-10-18(23-19)22-12-14-6-2-4-8-17(14)25/h1-12,24-25H,(H2,20,23). The van der Waals surface area contributed by atoms with Crippen LogP contribution < -0.4 is 5.73 Å². The summed E-state index contributed by atoms with van der Waals surface area (Å²) in [6.07, 6.45) is 3.04. The molecule has 4 N–H and O–H groups in total. The van der Waals surface area contributed by atoms with Crippen molar-refractivity contribution in [3.05, 3.63) is 71.8 Å². The molecule has 1 heterocycles. The van der Waals surface area contributed by atoms with Gasteiger partial charge in [-0.05, 0) is 36.4 Å². The van der Waals surface area contributed by atoms with Gasteiger partial charge in [0.15, 0.2) is 11.6 Å². The number of nitrogens with two attached hydrogens (primary N) is 1. The fourth-order valence-corrected chi connectivity index (χ4v) is 2.11.